The lowest BCUT2D eigenvalue weighted by atomic mass is 9.79. The second-order valence-electron chi connectivity index (χ2n) is 7.19. The Hall–Kier alpha value is -3.28. The lowest BCUT2D eigenvalue weighted by Crippen LogP contribution is -2.27. The molecule has 3 rings (SSSR count). The Kier molecular flexibility index (Phi) is 6.15. The molecule has 2 aliphatic carbocycles. The van der Waals surface area contributed by atoms with Gasteiger partial charge in [-0.25, -0.2) is 0 Å². The van der Waals surface area contributed by atoms with E-state index in [4.69, 9.17) is 0 Å². The van der Waals surface area contributed by atoms with Crippen LogP contribution in [0.3, 0.4) is 0 Å². The molecule has 0 amide bonds. The van der Waals surface area contributed by atoms with E-state index in [9.17, 15) is 19.8 Å². The van der Waals surface area contributed by atoms with Gasteiger partial charge in [0.05, 0.1) is 11.6 Å². The number of phenols is 1. The number of ketones is 2. The van der Waals surface area contributed by atoms with Crippen LogP contribution in [-0.4, -0.2) is 62.4 Å². The molecule has 158 valence electrons. The molecule has 0 radical (unpaired) electrons. The first-order valence-electron chi connectivity index (χ1n) is 10.4. The van der Waals surface area contributed by atoms with Crippen molar-refractivity contribution in [3.8, 4) is 5.75 Å². The van der Waals surface area contributed by atoms with Crippen molar-refractivity contribution in [3.63, 3.8) is 0 Å². The second-order valence-corrected chi connectivity index (χ2v) is 7.19. The number of hydrogen-bond acceptors (Lipinski definition) is 4. The van der Waals surface area contributed by atoms with Gasteiger partial charge in [0.1, 0.15) is 16.9 Å². The summed E-state index contributed by atoms with van der Waals surface area (Å²) >= 11 is 0. The molecular weight excluding hydrogens is 380 g/mol. The number of likely N-dealkylation sites (N-methyl/N-ethyl adjacent to an activating group) is 1. The molecule has 0 atom stereocenters. The van der Waals surface area contributed by atoms with E-state index >= 15 is 0 Å². The monoisotopic (exact) mass is 410 g/mol. The van der Waals surface area contributed by atoms with Gasteiger partial charge in [-0.05, 0) is 52.0 Å². The van der Waals surface area contributed by atoms with E-state index < -0.39 is 0 Å². The first-order valence-corrected chi connectivity index (χ1v) is 10.4. The summed E-state index contributed by atoms with van der Waals surface area (Å²) in [6, 6.07) is 5.17. The highest BCUT2D eigenvalue weighted by Gasteiger charge is 2.46. The van der Waals surface area contributed by atoms with Crippen LogP contribution in [0.25, 0.3) is 5.57 Å². The normalized spacial score (nSPS) is 18.5. The summed E-state index contributed by atoms with van der Waals surface area (Å²) in [6.07, 6.45) is 5.17. The molecule has 1 aromatic carbocycles. The zero-order chi connectivity index (χ0) is 22.0. The first kappa shape index (κ1) is 21.4. The number of rotatable bonds is 7. The van der Waals surface area contributed by atoms with Crippen LogP contribution in [0.1, 0.15) is 33.3 Å². The minimum absolute atomic E-state index is 0.0207. The Morgan fingerprint density at radius 3 is 1.97 bits per heavy atom. The maximum Gasteiger partial charge on any atom is 0.363 e. The fourth-order valence-corrected chi connectivity index (χ4v) is 3.96. The SMILES string of the molecule is CCN(CC)C1=CC(=[OH+])C(=C2C(=[OH+])C(c3ccc(N(CC)CC)cc3O)=C2O)C=C1. The maximum atomic E-state index is 10.7. The van der Waals surface area contributed by atoms with Crippen LogP contribution in [0, 0.1) is 0 Å². The summed E-state index contributed by atoms with van der Waals surface area (Å²) in [4.78, 5) is 25.3. The molecule has 30 heavy (non-hydrogen) atoms. The third-order valence-electron chi connectivity index (χ3n) is 5.71. The highest BCUT2D eigenvalue weighted by molar-refractivity contribution is 6.42. The van der Waals surface area contributed by atoms with Crippen LogP contribution < -0.4 is 4.90 Å². The van der Waals surface area contributed by atoms with Gasteiger partial charge in [0, 0.05) is 49.2 Å². The number of carbonyl (C=O) groups excluding carboxylic acids is 2. The lowest BCUT2D eigenvalue weighted by molar-refractivity contribution is 0.394. The van der Waals surface area contributed by atoms with Gasteiger partial charge in [0.2, 0.25) is 0 Å². The van der Waals surface area contributed by atoms with E-state index in [-0.39, 0.29) is 34.2 Å². The van der Waals surface area contributed by atoms with E-state index in [0.717, 1.165) is 37.6 Å². The van der Waals surface area contributed by atoms with Crippen molar-refractivity contribution < 1.29 is 19.8 Å². The van der Waals surface area contributed by atoms with E-state index in [1.807, 2.05) is 39.8 Å². The molecule has 0 saturated carbocycles. The molecule has 2 aliphatic rings. The van der Waals surface area contributed by atoms with Gasteiger partial charge in [-0.15, -0.1) is 0 Å². The molecule has 0 heterocycles. The Bertz CT molecular complexity index is 1010. The summed E-state index contributed by atoms with van der Waals surface area (Å²) in [5.41, 5.74) is 2.80. The fourth-order valence-electron chi connectivity index (χ4n) is 3.96. The Morgan fingerprint density at radius 2 is 1.47 bits per heavy atom. The number of anilines is 1. The van der Waals surface area contributed by atoms with Gasteiger partial charge in [-0.2, -0.15) is 0 Å². The third-order valence-corrected chi connectivity index (χ3v) is 5.71. The van der Waals surface area contributed by atoms with Crippen LogP contribution in [0.5, 0.6) is 5.75 Å². The van der Waals surface area contributed by atoms with E-state index in [2.05, 4.69) is 9.80 Å². The quantitative estimate of drug-likeness (QED) is 0.530. The summed E-state index contributed by atoms with van der Waals surface area (Å²) < 4.78 is 0. The molecule has 6 nitrogen and oxygen atoms in total. The average Bonchev–Trinajstić information content (AvgIpc) is 2.73. The largest absolute Gasteiger partial charge is 0.507 e. The van der Waals surface area contributed by atoms with Crippen LogP contribution in [0.4, 0.5) is 5.69 Å². The molecule has 0 aromatic heterocycles. The van der Waals surface area contributed by atoms with Crippen molar-refractivity contribution in [1.29, 1.82) is 0 Å². The zero-order valence-corrected chi connectivity index (χ0v) is 18.0. The summed E-state index contributed by atoms with van der Waals surface area (Å²) in [5, 5.41) is 21.2. The Labute approximate surface area is 177 Å². The molecule has 0 aliphatic heterocycles. The summed E-state index contributed by atoms with van der Waals surface area (Å²) in [6.45, 7) is 11.4. The molecule has 0 saturated heterocycles. The lowest BCUT2D eigenvalue weighted by Gasteiger charge is -2.24. The predicted octanol–water partition coefficient (Wildman–Crippen LogP) is 3.70. The molecule has 0 spiro atoms. The molecule has 0 unspecified atom stereocenters. The second kappa shape index (κ2) is 8.61. The number of hydrogen-bond donors (Lipinski definition) is 2. The number of nitrogens with zero attached hydrogens (tertiary/aromatic N) is 2. The number of allylic oxidation sites excluding steroid dienone is 6. The van der Waals surface area contributed by atoms with Crippen LogP contribution in [0.15, 0.2) is 59.0 Å². The fraction of sp³-hybridized carbons (Fsp3) is 0.333. The van der Waals surface area contributed by atoms with Crippen LogP contribution in [0.2, 0.25) is 0 Å². The maximum absolute atomic E-state index is 10.7. The van der Waals surface area contributed by atoms with Crippen molar-refractivity contribution in [1.82, 2.24) is 4.90 Å². The van der Waals surface area contributed by atoms with Gasteiger partial charge in [0.15, 0.2) is 5.76 Å². The number of aliphatic hydroxyl groups excluding tert-OH is 1. The van der Waals surface area contributed by atoms with Crippen molar-refractivity contribution in [3.05, 3.63) is 64.6 Å². The van der Waals surface area contributed by atoms with Gasteiger partial charge in [-0.1, -0.05) is 0 Å². The molecule has 4 N–H and O–H groups in total. The Morgan fingerprint density at radius 1 is 0.833 bits per heavy atom. The predicted molar refractivity (Wildman–Crippen MR) is 122 cm³/mol. The molecule has 6 heteroatoms. The Balaban J connectivity index is 1.95. The van der Waals surface area contributed by atoms with Crippen molar-refractivity contribution >= 4 is 22.8 Å². The standard InChI is InChI=1S/C24H28N2O4/c1-5-25(6-2)15-9-11-17(19(27)13-15)21-23(29)22(24(21)30)18-12-10-16(14-20(18)28)26(7-3)8-4/h9-14,27,29H,5-8H2,1-4H3/p+2. The highest BCUT2D eigenvalue weighted by atomic mass is 16.3. The van der Waals surface area contributed by atoms with Crippen LogP contribution in [-0.2, 0) is 0 Å². The first-order chi connectivity index (χ1) is 14.4. The van der Waals surface area contributed by atoms with Crippen molar-refractivity contribution in [2.24, 2.45) is 0 Å². The zero-order valence-electron chi connectivity index (χ0n) is 18.0. The van der Waals surface area contributed by atoms with Gasteiger partial charge < -0.3 is 20.0 Å². The topological polar surface area (TPSA) is 89.7 Å². The average molecular weight is 411 g/mol. The van der Waals surface area contributed by atoms with E-state index in [1.54, 1.807) is 24.3 Å². The minimum atomic E-state index is -0.149. The van der Waals surface area contributed by atoms with E-state index in [0.29, 0.717) is 11.1 Å². The smallest absolute Gasteiger partial charge is 0.363 e. The summed E-state index contributed by atoms with van der Waals surface area (Å²) in [7, 11) is 0. The van der Waals surface area contributed by atoms with Gasteiger partial charge in [0.25, 0.3) is 0 Å². The molecule has 1 aromatic rings. The summed E-state index contributed by atoms with van der Waals surface area (Å²) in [5.74, 6) is -0.339. The van der Waals surface area contributed by atoms with Gasteiger partial charge in [-0.3, -0.25) is 9.59 Å². The number of aromatic hydroxyl groups is 1. The van der Waals surface area contributed by atoms with Gasteiger partial charge >= 0.3 is 11.6 Å². The van der Waals surface area contributed by atoms with E-state index in [1.165, 1.54) is 0 Å². The molecule has 0 fully saturated rings. The van der Waals surface area contributed by atoms with Crippen LogP contribution >= 0.6 is 0 Å². The minimum Gasteiger partial charge on any atom is -0.507 e. The third kappa shape index (κ3) is 3.54. The van der Waals surface area contributed by atoms with Crippen molar-refractivity contribution in [2.75, 3.05) is 31.1 Å². The highest BCUT2D eigenvalue weighted by Crippen LogP contribution is 2.42. The molecular formula is C24H30N2O4+2. The number of phenolic OH excluding ortho intramolecular Hbond substituents is 1. The van der Waals surface area contributed by atoms with Crippen molar-refractivity contribution in [2.45, 2.75) is 27.7 Å². The number of aliphatic hydroxyl groups is 1. The number of benzene rings is 1. The molecule has 0 bridgehead atoms.